The van der Waals surface area contributed by atoms with Gasteiger partial charge in [-0.1, -0.05) is 12.2 Å². The predicted molar refractivity (Wildman–Crippen MR) is 91.1 cm³/mol. The molecule has 0 unspecified atom stereocenters. The third kappa shape index (κ3) is 3.68. The number of carbonyl (C=O) groups excluding carboxylic acids is 1. The molecule has 19 heavy (non-hydrogen) atoms. The van der Waals surface area contributed by atoms with Crippen LogP contribution in [0.25, 0.3) is 0 Å². The first-order valence-corrected chi connectivity index (χ1v) is 7.80. The fourth-order valence-corrected chi connectivity index (χ4v) is 3.65. The molecule has 0 aromatic heterocycles. The van der Waals surface area contributed by atoms with Crippen molar-refractivity contribution < 1.29 is 9.90 Å². The van der Waals surface area contributed by atoms with E-state index in [-0.39, 0.29) is 17.6 Å². The first-order chi connectivity index (χ1) is 8.97. The van der Waals surface area contributed by atoms with Gasteiger partial charge in [0.15, 0.2) is 0 Å². The Morgan fingerprint density at radius 2 is 2.16 bits per heavy atom. The molecule has 0 heterocycles. The summed E-state index contributed by atoms with van der Waals surface area (Å²) in [6.07, 6.45) is 2.95. The highest BCUT2D eigenvalue weighted by Gasteiger charge is 2.28. The molecule has 2 N–H and O–H groups in total. The monoisotopic (exact) mass is 482 g/mol. The number of amides is 1. The van der Waals surface area contributed by atoms with Gasteiger partial charge in [0.05, 0.1) is 9.78 Å². The van der Waals surface area contributed by atoms with Crippen LogP contribution < -0.4 is 5.43 Å². The second-order valence-corrected chi connectivity index (χ2v) is 6.82. The Balaban J connectivity index is 1.99. The van der Waals surface area contributed by atoms with Gasteiger partial charge in [-0.25, -0.2) is 5.43 Å². The second kappa shape index (κ2) is 6.21. The van der Waals surface area contributed by atoms with Gasteiger partial charge >= 0.3 is 0 Å². The highest BCUT2D eigenvalue weighted by atomic mass is 127. The zero-order valence-corrected chi connectivity index (χ0v) is 14.3. The second-order valence-electron chi connectivity index (χ2n) is 4.41. The van der Waals surface area contributed by atoms with Crippen LogP contribution in [-0.4, -0.2) is 17.2 Å². The van der Waals surface area contributed by atoms with Crippen LogP contribution >= 0.6 is 45.2 Å². The molecule has 1 saturated carbocycles. The minimum Gasteiger partial charge on any atom is -0.506 e. The Labute approximate surface area is 138 Å². The number of allylic oxidation sites excluding steroid dienone is 1. The number of rotatable bonds is 3. The van der Waals surface area contributed by atoms with E-state index in [9.17, 15) is 9.90 Å². The highest BCUT2D eigenvalue weighted by molar-refractivity contribution is 14.1. The number of halogens is 2. The third-order valence-corrected chi connectivity index (χ3v) is 4.32. The number of hydrogen-bond acceptors (Lipinski definition) is 3. The minimum absolute atomic E-state index is 0.00528. The molecule has 1 aliphatic rings. The molecule has 0 atom stereocenters. The molecule has 2 rings (SSSR count). The van der Waals surface area contributed by atoms with E-state index in [1.807, 2.05) is 6.07 Å². The normalized spacial score (nSPS) is 15.6. The van der Waals surface area contributed by atoms with Gasteiger partial charge in [-0.2, -0.15) is 5.10 Å². The molecular formula is C13H12I2N2O2. The molecule has 6 heteroatoms. The zero-order valence-electron chi connectivity index (χ0n) is 9.99. The van der Waals surface area contributed by atoms with Gasteiger partial charge in [-0.3, -0.25) is 4.79 Å². The van der Waals surface area contributed by atoms with Crippen LogP contribution in [0.3, 0.4) is 0 Å². The van der Waals surface area contributed by atoms with Gasteiger partial charge < -0.3 is 5.11 Å². The summed E-state index contributed by atoms with van der Waals surface area (Å²) in [7, 11) is 0. The molecule has 100 valence electrons. The molecule has 0 aliphatic heterocycles. The average Bonchev–Trinajstić information content (AvgIpc) is 2.31. The number of aromatic hydroxyl groups is 1. The van der Waals surface area contributed by atoms with Gasteiger partial charge in [0.2, 0.25) is 5.91 Å². The molecule has 0 bridgehead atoms. The summed E-state index contributed by atoms with van der Waals surface area (Å²) in [5.41, 5.74) is 4.19. The van der Waals surface area contributed by atoms with E-state index in [2.05, 4.69) is 62.3 Å². The van der Waals surface area contributed by atoms with Crippen LogP contribution in [0.5, 0.6) is 5.75 Å². The minimum atomic E-state index is -0.0940. The number of nitrogens with one attached hydrogen (secondary N) is 1. The summed E-state index contributed by atoms with van der Waals surface area (Å²) in [5, 5.41) is 13.8. The lowest BCUT2D eigenvalue weighted by Gasteiger charge is -2.25. The largest absolute Gasteiger partial charge is 0.506 e. The smallest absolute Gasteiger partial charge is 0.243 e. The molecule has 0 saturated heterocycles. The summed E-state index contributed by atoms with van der Waals surface area (Å²) in [6, 6.07) is 3.67. The van der Waals surface area contributed by atoms with Gasteiger partial charge in [-0.05, 0) is 70.2 Å². The van der Waals surface area contributed by atoms with E-state index < -0.39 is 0 Å². The number of benzene rings is 1. The summed E-state index contributed by atoms with van der Waals surface area (Å²) < 4.78 is 1.76. The molecule has 1 fully saturated rings. The SMILES string of the molecule is C=C1CC(C(=O)N/N=C\c2cc(I)cc(I)c2O)C1. The van der Waals surface area contributed by atoms with Crippen molar-refractivity contribution in [1.29, 1.82) is 0 Å². The van der Waals surface area contributed by atoms with Crippen LogP contribution in [0.4, 0.5) is 0 Å². The Kier molecular flexibility index (Phi) is 4.82. The first-order valence-electron chi connectivity index (χ1n) is 5.65. The van der Waals surface area contributed by atoms with Crippen LogP contribution in [0.15, 0.2) is 29.4 Å². The van der Waals surface area contributed by atoms with Crippen molar-refractivity contribution in [2.24, 2.45) is 11.0 Å². The first kappa shape index (κ1) is 14.8. The van der Waals surface area contributed by atoms with Crippen LogP contribution in [-0.2, 0) is 4.79 Å². The Bertz CT molecular complexity index is 562. The fourth-order valence-electron chi connectivity index (χ4n) is 1.76. The topological polar surface area (TPSA) is 61.7 Å². The van der Waals surface area contributed by atoms with Gasteiger partial charge in [-0.15, -0.1) is 0 Å². The zero-order chi connectivity index (χ0) is 14.0. The fraction of sp³-hybridized carbons (Fsp3) is 0.231. The van der Waals surface area contributed by atoms with E-state index >= 15 is 0 Å². The standard InChI is InChI=1S/C13H12I2N2O2/c1-7-2-8(3-7)13(19)17-16-6-9-4-10(14)5-11(15)12(9)18/h4-6,8,18H,1-3H2,(H,17,19)/b16-6-. The van der Waals surface area contributed by atoms with Crippen molar-refractivity contribution in [2.45, 2.75) is 12.8 Å². The van der Waals surface area contributed by atoms with E-state index in [1.54, 1.807) is 6.07 Å². The number of phenols is 1. The van der Waals surface area contributed by atoms with Gasteiger partial charge in [0.1, 0.15) is 5.75 Å². The molecule has 0 spiro atoms. The Morgan fingerprint density at radius 3 is 2.79 bits per heavy atom. The number of nitrogens with zero attached hydrogens (tertiary/aromatic N) is 1. The summed E-state index contributed by atoms with van der Waals surface area (Å²) in [6.45, 7) is 3.80. The van der Waals surface area contributed by atoms with Crippen LogP contribution in [0.2, 0.25) is 0 Å². The van der Waals surface area contributed by atoms with E-state index in [1.165, 1.54) is 6.21 Å². The Hall–Kier alpha value is -0.640. The summed E-state index contributed by atoms with van der Waals surface area (Å²) in [5.74, 6) is 0.0776. The molecule has 1 aromatic carbocycles. The molecule has 1 aliphatic carbocycles. The molecule has 0 radical (unpaired) electrons. The van der Waals surface area contributed by atoms with Crippen LogP contribution in [0, 0.1) is 13.1 Å². The van der Waals surface area contributed by atoms with Crippen molar-refractivity contribution in [3.8, 4) is 5.75 Å². The number of hydrogen-bond donors (Lipinski definition) is 2. The highest BCUT2D eigenvalue weighted by Crippen LogP contribution is 2.31. The Morgan fingerprint density at radius 1 is 1.47 bits per heavy atom. The van der Waals surface area contributed by atoms with Crippen molar-refractivity contribution >= 4 is 57.3 Å². The average molecular weight is 482 g/mol. The van der Waals surface area contributed by atoms with Crippen LogP contribution in [0.1, 0.15) is 18.4 Å². The lowest BCUT2D eigenvalue weighted by molar-refractivity contribution is -0.126. The predicted octanol–water partition coefficient (Wildman–Crippen LogP) is 3.02. The van der Waals surface area contributed by atoms with Gasteiger partial charge in [0.25, 0.3) is 0 Å². The molecule has 1 amide bonds. The maximum absolute atomic E-state index is 11.6. The number of phenolic OH excluding ortho intramolecular Hbond substituents is 1. The van der Waals surface area contributed by atoms with Gasteiger partial charge in [0, 0.05) is 15.1 Å². The summed E-state index contributed by atoms with van der Waals surface area (Å²) in [4.78, 5) is 11.6. The van der Waals surface area contributed by atoms with E-state index in [0.29, 0.717) is 5.56 Å². The van der Waals surface area contributed by atoms with E-state index in [4.69, 9.17) is 0 Å². The van der Waals surface area contributed by atoms with E-state index in [0.717, 1.165) is 25.6 Å². The quantitative estimate of drug-likeness (QED) is 0.302. The molecule has 1 aromatic rings. The lowest BCUT2D eigenvalue weighted by Crippen LogP contribution is -2.32. The van der Waals surface area contributed by atoms with Crippen molar-refractivity contribution in [2.75, 3.05) is 0 Å². The summed E-state index contributed by atoms with van der Waals surface area (Å²) >= 11 is 4.22. The third-order valence-electron chi connectivity index (χ3n) is 2.88. The maximum Gasteiger partial charge on any atom is 0.243 e. The maximum atomic E-state index is 11.6. The molecule has 4 nitrogen and oxygen atoms in total. The number of hydrazone groups is 1. The molecular weight excluding hydrogens is 470 g/mol. The van der Waals surface area contributed by atoms with Crippen molar-refractivity contribution in [3.63, 3.8) is 0 Å². The lowest BCUT2D eigenvalue weighted by atomic mass is 9.81. The van der Waals surface area contributed by atoms with Crippen molar-refractivity contribution in [1.82, 2.24) is 5.43 Å². The number of carbonyl (C=O) groups is 1. The van der Waals surface area contributed by atoms with Crippen molar-refractivity contribution in [3.05, 3.63) is 37.0 Å².